The molecular formula is C27H21N7O2. The average Bonchev–Trinajstić information content (AvgIpc) is 3.65. The van der Waals surface area contributed by atoms with Gasteiger partial charge in [-0.25, -0.2) is 4.68 Å². The summed E-state index contributed by atoms with van der Waals surface area (Å²) in [5.74, 6) is 1.26. The van der Waals surface area contributed by atoms with Crippen LogP contribution in [0.3, 0.4) is 0 Å². The van der Waals surface area contributed by atoms with E-state index in [4.69, 9.17) is 8.83 Å². The normalized spacial score (nSPS) is 11.2. The Morgan fingerprint density at radius 1 is 0.583 bits per heavy atom. The first kappa shape index (κ1) is 21.6. The van der Waals surface area contributed by atoms with Crippen LogP contribution in [-0.4, -0.2) is 35.4 Å². The molecule has 0 N–H and O–H groups in total. The van der Waals surface area contributed by atoms with Crippen LogP contribution in [0.1, 0.15) is 16.7 Å². The lowest BCUT2D eigenvalue weighted by molar-refractivity contribution is 0.565. The lowest BCUT2D eigenvalue weighted by Crippen LogP contribution is -2.04. The Bertz CT molecular complexity index is 1620. The molecule has 0 fully saturated rings. The molecule has 6 rings (SSSR count). The third-order valence-electron chi connectivity index (χ3n) is 5.76. The van der Waals surface area contributed by atoms with Gasteiger partial charge in [0.15, 0.2) is 11.4 Å². The quantitative estimate of drug-likeness (QED) is 0.316. The van der Waals surface area contributed by atoms with Crippen LogP contribution in [-0.2, 0) is 6.54 Å². The molecule has 0 radical (unpaired) electrons. The van der Waals surface area contributed by atoms with Gasteiger partial charge in [0.25, 0.3) is 11.8 Å². The maximum absolute atomic E-state index is 6.09. The lowest BCUT2D eigenvalue weighted by Gasteiger charge is -2.04. The number of hydrogen-bond acceptors (Lipinski definition) is 8. The third-order valence-corrected chi connectivity index (χ3v) is 5.76. The van der Waals surface area contributed by atoms with Gasteiger partial charge < -0.3 is 8.83 Å². The molecule has 0 aliphatic rings. The first-order valence-corrected chi connectivity index (χ1v) is 11.4. The molecule has 3 heterocycles. The van der Waals surface area contributed by atoms with Gasteiger partial charge in [-0.2, -0.15) is 0 Å². The van der Waals surface area contributed by atoms with E-state index in [-0.39, 0.29) is 11.8 Å². The van der Waals surface area contributed by atoms with E-state index in [1.54, 1.807) is 4.68 Å². The zero-order chi connectivity index (χ0) is 24.5. The summed E-state index contributed by atoms with van der Waals surface area (Å²) in [6.07, 6.45) is 0. The molecule has 36 heavy (non-hydrogen) atoms. The number of nitrogens with zero attached hydrogens (tertiary/aromatic N) is 7. The van der Waals surface area contributed by atoms with Gasteiger partial charge in [0.1, 0.15) is 0 Å². The summed E-state index contributed by atoms with van der Waals surface area (Å²) in [4.78, 5) is 0. The fraction of sp³-hybridized carbons (Fsp3) is 0.111. The van der Waals surface area contributed by atoms with E-state index >= 15 is 0 Å². The summed E-state index contributed by atoms with van der Waals surface area (Å²) in [7, 11) is 0. The molecule has 6 aromatic rings. The molecule has 0 saturated heterocycles. The first-order valence-electron chi connectivity index (χ1n) is 11.4. The van der Waals surface area contributed by atoms with E-state index in [9.17, 15) is 0 Å². The number of rotatable bonds is 6. The van der Waals surface area contributed by atoms with Gasteiger partial charge in [0.2, 0.25) is 11.8 Å². The molecule has 0 aliphatic heterocycles. The van der Waals surface area contributed by atoms with Gasteiger partial charge in [0.05, 0.1) is 6.54 Å². The summed E-state index contributed by atoms with van der Waals surface area (Å²) in [5.41, 5.74) is 5.84. The van der Waals surface area contributed by atoms with Crippen molar-refractivity contribution in [2.24, 2.45) is 0 Å². The fourth-order valence-electron chi connectivity index (χ4n) is 3.80. The van der Waals surface area contributed by atoms with Crippen molar-refractivity contribution in [1.82, 2.24) is 35.4 Å². The largest absolute Gasteiger partial charge is 0.415 e. The van der Waals surface area contributed by atoms with Gasteiger partial charge >= 0.3 is 0 Å². The Morgan fingerprint density at radius 2 is 1.11 bits per heavy atom. The van der Waals surface area contributed by atoms with Crippen molar-refractivity contribution in [2.45, 2.75) is 20.4 Å². The van der Waals surface area contributed by atoms with Crippen LogP contribution in [0.4, 0.5) is 0 Å². The zero-order valence-electron chi connectivity index (χ0n) is 19.7. The predicted octanol–water partition coefficient (Wildman–Crippen LogP) is 5.38. The monoisotopic (exact) mass is 475 g/mol. The number of aryl methyl sites for hydroxylation is 2. The Hall–Kier alpha value is -4.92. The van der Waals surface area contributed by atoms with Crippen molar-refractivity contribution in [1.29, 1.82) is 0 Å². The smallest absolute Gasteiger partial charge is 0.271 e. The van der Waals surface area contributed by atoms with Gasteiger partial charge in [-0.15, -0.1) is 25.5 Å². The summed E-state index contributed by atoms with van der Waals surface area (Å²) < 4.78 is 13.8. The van der Waals surface area contributed by atoms with E-state index < -0.39 is 0 Å². The summed E-state index contributed by atoms with van der Waals surface area (Å²) in [6.45, 7) is 4.50. The lowest BCUT2D eigenvalue weighted by atomic mass is 10.1. The van der Waals surface area contributed by atoms with Crippen molar-refractivity contribution in [3.8, 4) is 46.1 Å². The predicted molar refractivity (Wildman–Crippen MR) is 132 cm³/mol. The van der Waals surface area contributed by atoms with Crippen LogP contribution in [0.15, 0.2) is 87.7 Å². The number of hydrogen-bond donors (Lipinski definition) is 0. The second-order valence-electron chi connectivity index (χ2n) is 8.49. The first-order chi connectivity index (χ1) is 17.6. The maximum Gasteiger partial charge on any atom is 0.271 e. The molecule has 3 aromatic carbocycles. The molecule has 0 aliphatic carbocycles. The Balaban J connectivity index is 1.43. The second kappa shape index (κ2) is 9.03. The molecule has 176 valence electrons. The number of aromatic nitrogens is 7. The van der Waals surface area contributed by atoms with Crippen LogP contribution in [0.2, 0.25) is 0 Å². The fourth-order valence-corrected chi connectivity index (χ4v) is 3.80. The van der Waals surface area contributed by atoms with Crippen LogP contribution < -0.4 is 0 Å². The van der Waals surface area contributed by atoms with Crippen LogP contribution >= 0.6 is 0 Å². The minimum absolute atomic E-state index is 0.218. The zero-order valence-corrected chi connectivity index (χ0v) is 19.7. The summed E-state index contributed by atoms with van der Waals surface area (Å²) >= 11 is 0. The van der Waals surface area contributed by atoms with Gasteiger partial charge in [-0.3, -0.25) is 0 Å². The van der Waals surface area contributed by atoms with Crippen molar-refractivity contribution >= 4 is 0 Å². The second-order valence-corrected chi connectivity index (χ2v) is 8.49. The van der Waals surface area contributed by atoms with E-state index in [1.807, 2.05) is 92.7 Å². The SMILES string of the molecule is Cc1ccc(-c2nnc(-c3nnn(Cc4ccccc4)c3-c3nnc(-c4ccc(C)cc4)o3)o2)cc1. The molecule has 0 amide bonds. The van der Waals surface area contributed by atoms with Crippen molar-refractivity contribution in [3.05, 3.63) is 95.6 Å². The average molecular weight is 476 g/mol. The Morgan fingerprint density at radius 3 is 1.72 bits per heavy atom. The minimum atomic E-state index is 0.218. The Kier molecular flexibility index (Phi) is 5.42. The molecule has 9 nitrogen and oxygen atoms in total. The van der Waals surface area contributed by atoms with Gasteiger partial charge in [0, 0.05) is 11.1 Å². The van der Waals surface area contributed by atoms with Crippen LogP contribution in [0, 0.1) is 13.8 Å². The van der Waals surface area contributed by atoms with E-state index in [0.29, 0.717) is 29.7 Å². The molecule has 0 unspecified atom stereocenters. The molecule has 0 saturated carbocycles. The molecule has 0 spiro atoms. The molecule has 3 aromatic heterocycles. The van der Waals surface area contributed by atoms with Crippen LogP contribution in [0.25, 0.3) is 46.1 Å². The van der Waals surface area contributed by atoms with Crippen molar-refractivity contribution < 1.29 is 8.83 Å². The van der Waals surface area contributed by atoms with Gasteiger partial charge in [-0.05, 0) is 43.7 Å². The van der Waals surface area contributed by atoms with Crippen molar-refractivity contribution in [2.75, 3.05) is 0 Å². The van der Waals surface area contributed by atoms with E-state index in [0.717, 1.165) is 27.8 Å². The molecule has 0 bridgehead atoms. The highest BCUT2D eigenvalue weighted by Gasteiger charge is 2.26. The van der Waals surface area contributed by atoms with Crippen molar-refractivity contribution in [3.63, 3.8) is 0 Å². The highest BCUT2D eigenvalue weighted by molar-refractivity contribution is 5.70. The standard InChI is InChI=1S/C27H21N7O2/c1-17-8-12-20(13-9-17)24-29-31-26(35-24)22-23(34(33-28-22)16-19-6-4-3-5-7-19)27-32-30-25(36-27)21-14-10-18(2)11-15-21/h3-15H,16H2,1-2H3. The van der Waals surface area contributed by atoms with E-state index in [2.05, 4.69) is 30.7 Å². The number of benzene rings is 3. The van der Waals surface area contributed by atoms with Crippen LogP contribution in [0.5, 0.6) is 0 Å². The summed E-state index contributed by atoms with van der Waals surface area (Å²) in [6, 6.07) is 25.7. The molecule has 9 heteroatoms. The minimum Gasteiger partial charge on any atom is -0.415 e. The van der Waals surface area contributed by atoms with Gasteiger partial charge in [-0.1, -0.05) is 70.9 Å². The third kappa shape index (κ3) is 4.18. The highest BCUT2D eigenvalue weighted by atomic mass is 16.4. The maximum atomic E-state index is 6.09. The molecular weight excluding hydrogens is 454 g/mol. The topological polar surface area (TPSA) is 109 Å². The molecule has 0 atom stereocenters. The Labute approximate surface area is 206 Å². The summed E-state index contributed by atoms with van der Waals surface area (Å²) in [5, 5.41) is 25.8. The highest BCUT2D eigenvalue weighted by Crippen LogP contribution is 2.32. The van der Waals surface area contributed by atoms with E-state index in [1.165, 1.54) is 0 Å².